The van der Waals surface area contributed by atoms with Crippen molar-refractivity contribution < 1.29 is 0 Å². The van der Waals surface area contributed by atoms with E-state index >= 15 is 0 Å². The number of nitrogens with zero attached hydrogens (tertiary/aromatic N) is 1. The Morgan fingerprint density at radius 1 is 1.17 bits per heavy atom. The van der Waals surface area contributed by atoms with Crippen molar-refractivity contribution in [2.24, 2.45) is 11.3 Å². The fraction of sp³-hybridized carbons (Fsp3) is 1.00. The van der Waals surface area contributed by atoms with E-state index in [9.17, 15) is 0 Å². The fourth-order valence-electron chi connectivity index (χ4n) is 2.94. The molecule has 108 valence electrons. The maximum Gasteiger partial charge on any atom is 0.00103 e. The molecule has 1 aliphatic rings. The lowest BCUT2D eigenvalue weighted by Crippen LogP contribution is -2.31. The Hall–Kier alpha value is -0.0800. The zero-order valence-corrected chi connectivity index (χ0v) is 13.3. The van der Waals surface area contributed by atoms with Crippen molar-refractivity contribution in [1.82, 2.24) is 10.2 Å². The molecular formula is C16H34N2. The predicted molar refractivity (Wildman–Crippen MR) is 81.0 cm³/mol. The van der Waals surface area contributed by atoms with Crippen molar-refractivity contribution in [3.05, 3.63) is 0 Å². The van der Waals surface area contributed by atoms with Gasteiger partial charge in [-0.05, 0) is 63.2 Å². The minimum absolute atomic E-state index is 0.495. The fourth-order valence-corrected chi connectivity index (χ4v) is 2.94. The Labute approximate surface area is 115 Å². The van der Waals surface area contributed by atoms with Gasteiger partial charge in [0.1, 0.15) is 0 Å². The van der Waals surface area contributed by atoms with Crippen LogP contribution in [-0.2, 0) is 0 Å². The minimum atomic E-state index is 0.495. The van der Waals surface area contributed by atoms with E-state index in [1.807, 2.05) is 0 Å². The van der Waals surface area contributed by atoms with E-state index < -0.39 is 0 Å². The summed E-state index contributed by atoms with van der Waals surface area (Å²) < 4.78 is 0. The quantitative estimate of drug-likeness (QED) is 0.755. The van der Waals surface area contributed by atoms with Crippen molar-refractivity contribution in [3.63, 3.8) is 0 Å². The first kappa shape index (κ1) is 16.0. The van der Waals surface area contributed by atoms with E-state index in [0.29, 0.717) is 11.5 Å². The second-order valence-corrected chi connectivity index (χ2v) is 7.30. The molecular weight excluding hydrogens is 220 g/mol. The van der Waals surface area contributed by atoms with Crippen LogP contribution in [0, 0.1) is 11.3 Å². The van der Waals surface area contributed by atoms with E-state index in [-0.39, 0.29) is 0 Å². The average Bonchev–Trinajstić information content (AvgIpc) is 2.48. The SMILES string of the molecule is CC(C)NCCCN1CCCC(C(C)(C)C)CC1. The molecule has 0 aromatic carbocycles. The van der Waals surface area contributed by atoms with Crippen LogP contribution in [0.3, 0.4) is 0 Å². The van der Waals surface area contributed by atoms with Crippen molar-refractivity contribution in [3.8, 4) is 0 Å². The van der Waals surface area contributed by atoms with Crippen LogP contribution in [0.15, 0.2) is 0 Å². The van der Waals surface area contributed by atoms with Crippen molar-refractivity contribution >= 4 is 0 Å². The van der Waals surface area contributed by atoms with Crippen molar-refractivity contribution in [1.29, 1.82) is 0 Å². The summed E-state index contributed by atoms with van der Waals surface area (Å²) in [6, 6.07) is 0.624. The molecule has 0 aliphatic carbocycles. The summed E-state index contributed by atoms with van der Waals surface area (Å²) in [6.07, 6.45) is 5.49. The monoisotopic (exact) mass is 254 g/mol. The molecule has 2 heteroatoms. The first-order chi connectivity index (χ1) is 8.39. The summed E-state index contributed by atoms with van der Waals surface area (Å²) in [5, 5.41) is 3.51. The van der Waals surface area contributed by atoms with Crippen molar-refractivity contribution in [2.45, 2.75) is 66.3 Å². The van der Waals surface area contributed by atoms with Gasteiger partial charge in [0.25, 0.3) is 0 Å². The Morgan fingerprint density at radius 3 is 2.50 bits per heavy atom. The third-order valence-corrected chi connectivity index (χ3v) is 4.25. The highest BCUT2D eigenvalue weighted by molar-refractivity contribution is 4.78. The van der Waals surface area contributed by atoms with Crippen LogP contribution in [0.1, 0.15) is 60.3 Å². The Kier molecular flexibility index (Phi) is 6.65. The van der Waals surface area contributed by atoms with Gasteiger partial charge in [0.05, 0.1) is 0 Å². The highest BCUT2D eigenvalue weighted by atomic mass is 15.1. The van der Waals surface area contributed by atoms with Gasteiger partial charge in [-0.1, -0.05) is 34.6 Å². The third kappa shape index (κ3) is 6.19. The maximum atomic E-state index is 3.51. The Morgan fingerprint density at radius 2 is 1.89 bits per heavy atom. The normalized spacial score (nSPS) is 23.3. The Bertz CT molecular complexity index is 218. The summed E-state index contributed by atoms with van der Waals surface area (Å²) in [6.45, 7) is 16.7. The van der Waals surface area contributed by atoms with Gasteiger partial charge in [0, 0.05) is 6.04 Å². The summed E-state index contributed by atoms with van der Waals surface area (Å²) in [4.78, 5) is 2.67. The first-order valence-corrected chi connectivity index (χ1v) is 7.85. The molecule has 1 aliphatic heterocycles. The summed E-state index contributed by atoms with van der Waals surface area (Å²) in [5.41, 5.74) is 0.495. The van der Waals surface area contributed by atoms with Gasteiger partial charge in [0.2, 0.25) is 0 Å². The summed E-state index contributed by atoms with van der Waals surface area (Å²) >= 11 is 0. The van der Waals surface area contributed by atoms with Crippen LogP contribution >= 0.6 is 0 Å². The van der Waals surface area contributed by atoms with Gasteiger partial charge >= 0.3 is 0 Å². The van der Waals surface area contributed by atoms with Gasteiger partial charge < -0.3 is 10.2 Å². The molecule has 1 unspecified atom stereocenters. The summed E-state index contributed by atoms with van der Waals surface area (Å²) in [7, 11) is 0. The lowest BCUT2D eigenvalue weighted by Gasteiger charge is -2.29. The maximum absolute atomic E-state index is 3.51. The molecule has 1 N–H and O–H groups in total. The van der Waals surface area contributed by atoms with Crippen LogP contribution < -0.4 is 5.32 Å². The van der Waals surface area contributed by atoms with E-state index in [1.54, 1.807) is 0 Å². The molecule has 1 heterocycles. The molecule has 1 fully saturated rings. The van der Waals surface area contributed by atoms with E-state index in [1.165, 1.54) is 45.3 Å². The molecule has 0 amide bonds. The highest BCUT2D eigenvalue weighted by Crippen LogP contribution is 2.34. The lowest BCUT2D eigenvalue weighted by atomic mass is 9.77. The molecule has 0 aromatic rings. The zero-order valence-electron chi connectivity index (χ0n) is 13.3. The number of likely N-dealkylation sites (tertiary alicyclic amines) is 1. The van der Waals surface area contributed by atoms with Crippen molar-refractivity contribution in [2.75, 3.05) is 26.2 Å². The van der Waals surface area contributed by atoms with Crippen LogP contribution in [0.4, 0.5) is 0 Å². The van der Waals surface area contributed by atoms with Crippen LogP contribution in [0.25, 0.3) is 0 Å². The second-order valence-electron chi connectivity index (χ2n) is 7.30. The third-order valence-electron chi connectivity index (χ3n) is 4.25. The number of rotatable bonds is 5. The highest BCUT2D eigenvalue weighted by Gasteiger charge is 2.26. The predicted octanol–water partition coefficient (Wildman–Crippen LogP) is 3.52. The first-order valence-electron chi connectivity index (χ1n) is 7.85. The van der Waals surface area contributed by atoms with E-state index in [2.05, 4.69) is 44.8 Å². The molecule has 0 radical (unpaired) electrons. The van der Waals surface area contributed by atoms with Gasteiger partial charge in [-0.25, -0.2) is 0 Å². The summed E-state index contributed by atoms with van der Waals surface area (Å²) in [5.74, 6) is 0.913. The van der Waals surface area contributed by atoms with Gasteiger partial charge in [-0.3, -0.25) is 0 Å². The second kappa shape index (κ2) is 7.49. The van der Waals surface area contributed by atoms with Crippen LogP contribution in [0.5, 0.6) is 0 Å². The van der Waals surface area contributed by atoms with Gasteiger partial charge in [-0.15, -0.1) is 0 Å². The molecule has 1 atom stereocenters. The molecule has 0 saturated carbocycles. The molecule has 0 aromatic heterocycles. The average molecular weight is 254 g/mol. The van der Waals surface area contributed by atoms with Crippen LogP contribution in [0.2, 0.25) is 0 Å². The smallest absolute Gasteiger partial charge is 0.00103 e. The standard InChI is InChI=1S/C16H34N2/c1-14(2)17-10-7-12-18-11-6-8-15(9-13-18)16(3,4)5/h14-15,17H,6-13H2,1-5H3. The molecule has 0 spiro atoms. The number of hydrogen-bond acceptors (Lipinski definition) is 2. The molecule has 1 rings (SSSR count). The number of nitrogens with one attached hydrogen (secondary N) is 1. The van der Waals surface area contributed by atoms with Crippen LogP contribution in [-0.4, -0.2) is 37.1 Å². The van der Waals surface area contributed by atoms with E-state index in [0.717, 1.165) is 12.5 Å². The minimum Gasteiger partial charge on any atom is -0.314 e. The largest absolute Gasteiger partial charge is 0.314 e. The number of hydrogen-bond donors (Lipinski definition) is 1. The Balaban J connectivity index is 2.21. The zero-order chi connectivity index (χ0) is 13.6. The molecule has 2 nitrogen and oxygen atoms in total. The van der Waals surface area contributed by atoms with Gasteiger partial charge in [0.15, 0.2) is 0 Å². The van der Waals surface area contributed by atoms with Gasteiger partial charge in [-0.2, -0.15) is 0 Å². The molecule has 18 heavy (non-hydrogen) atoms. The topological polar surface area (TPSA) is 15.3 Å². The van der Waals surface area contributed by atoms with E-state index in [4.69, 9.17) is 0 Å². The lowest BCUT2D eigenvalue weighted by molar-refractivity contribution is 0.207. The molecule has 1 saturated heterocycles. The molecule has 0 bridgehead atoms.